The van der Waals surface area contributed by atoms with Crippen LogP contribution in [0.1, 0.15) is 115 Å². The molecule has 0 unspecified atom stereocenters. The van der Waals surface area contributed by atoms with Crippen LogP contribution >= 0.6 is 0 Å². The van der Waals surface area contributed by atoms with Crippen LogP contribution in [0.2, 0.25) is 0 Å². The SMILES string of the molecule is CC(C)(C)c1cc2c3c(c1)C(c1ccccc1)(c1ccccc1)c1cc(C4(c5ccccc5)c5ccccc5-c5ccccc54)ccc1N3c1ccc(C3(c4ccccc4)c4ccccc4-c4ccccc43)cc1C2(c1ccccc1)c1ccccc1. The molecule has 0 amide bonds. The van der Waals surface area contributed by atoms with Gasteiger partial charge < -0.3 is 4.90 Å². The second-order valence-electron chi connectivity index (χ2n) is 25.3. The van der Waals surface area contributed by atoms with Crippen LogP contribution in [0.5, 0.6) is 0 Å². The molecule has 1 heteroatoms. The maximum atomic E-state index is 2.71. The lowest BCUT2D eigenvalue weighted by Crippen LogP contribution is -2.45. The van der Waals surface area contributed by atoms with Gasteiger partial charge in [-0.15, -0.1) is 0 Å². The van der Waals surface area contributed by atoms with E-state index in [2.05, 4.69) is 353 Å². The normalized spacial score (nSPS) is 15.4. The average Bonchev–Trinajstić information content (AvgIpc) is 1.19. The molecule has 13 aromatic carbocycles. The first-order chi connectivity index (χ1) is 42.8. The molecule has 2 aliphatic heterocycles. The summed E-state index contributed by atoms with van der Waals surface area (Å²) in [6.07, 6.45) is 0. The van der Waals surface area contributed by atoms with Gasteiger partial charge in [-0.1, -0.05) is 336 Å². The fourth-order valence-electron chi connectivity index (χ4n) is 16.8. The first-order valence-corrected chi connectivity index (χ1v) is 30.8. The molecule has 2 aliphatic carbocycles. The zero-order valence-electron chi connectivity index (χ0n) is 49.1. The Morgan fingerprint density at radius 2 is 0.460 bits per heavy atom. The highest BCUT2D eigenvalue weighted by molar-refractivity contribution is 5.99. The van der Waals surface area contributed by atoms with Crippen LogP contribution in [-0.2, 0) is 27.1 Å². The van der Waals surface area contributed by atoms with Crippen molar-refractivity contribution >= 4 is 17.1 Å². The zero-order valence-corrected chi connectivity index (χ0v) is 49.1. The first-order valence-electron chi connectivity index (χ1n) is 30.8. The van der Waals surface area contributed by atoms with Gasteiger partial charge in [-0.2, -0.15) is 0 Å². The lowest BCUT2D eigenvalue weighted by atomic mass is 9.55. The molecule has 2 heterocycles. The summed E-state index contributed by atoms with van der Waals surface area (Å²) >= 11 is 0. The molecular formula is C86H63N. The Morgan fingerprint density at radius 1 is 0.218 bits per heavy atom. The van der Waals surface area contributed by atoms with Crippen LogP contribution in [-0.4, -0.2) is 0 Å². The quantitative estimate of drug-likeness (QED) is 0.147. The van der Waals surface area contributed by atoms with E-state index in [0.717, 1.165) is 11.4 Å². The van der Waals surface area contributed by atoms with Crippen molar-refractivity contribution in [2.45, 2.75) is 47.8 Å². The Kier molecular flexibility index (Phi) is 11.2. The van der Waals surface area contributed by atoms with Crippen LogP contribution in [0.3, 0.4) is 0 Å². The molecule has 0 saturated heterocycles. The molecule has 0 bridgehead atoms. The number of rotatable bonds is 8. The Bertz CT molecular complexity index is 4360. The number of hydrogen-bond donors (Lipinski definition) is 0. The molecule has 412 valence electrons. The van der Waals surface area contributed by atoms with Gasteiger partial charge in [0.05, 0.1) is 38.7 Å². The molecule has 4 aliphatic rings. The summed E-state index contributed by atoms with van der Waals surface area (Å²) in [5.41, 5.74) is 26.7. The van der Waals surface area contributed by atoms with Gasteiger partial charge in [0, 0.05) is 0 Å². The number of hydrogen-bond acceptors (Lipinski definition) is 1. The van der Waals surface area contributed by atoms with E-state index in [1.807, 2.05) is 0 Å². The minimum atomic E-state index is -0.837. The zero-order chi connectivity index (χ0) is 58.1. The molecular weight excluding hydrogens is 1050 g/mol. The van der Waals surface area contributed by atoms with Crippen molar-refractivity contribution < 1.29 is 0 Å². The van der Waals surface area contributed by atoms with E-state index in [9.17, 15) is 0 Å². The van der Waals surface area contributed by atoms with Crippen LogP contribution < -0.4 is 4.90 Å². The Labute approximate surface area is 511 Å². The molecule has 13 aromatic rings. The van der Waals surface area contributed by atoms with Gasteiger partial charge in [0.2, 0.25) is 0 Å². The Hall–Kier alpha value is -10.3. The largest absolute Gasteiger partial charge is 0.309 e. The fraction of sp³-hybridized carbons (Fsp3) is 0.0930. The van der Waals surface area contributed by atoms with Crippen molar-refractivity contribution in [1.29, 1.82) is 0 Å². The molecule has 0 spiro atoms. The van der Waals surface area contributed by atoms with E-state index < -0.39 is 21.7 Å². The molecule has 0 aromatic heterocycles. The second kappa shape index (κ2) is 19.1. The summed E-state index contributed by atoms with van der Waals surface area (Å²) in [6.45, 7) is 7.21. The van der Waals surface area contributed by atoms with E-state index in [-0.39, 0.29) is 5.41 Å². The highest BCUT2D eigenvalue weighted by atomic mass is 15.2. The van der Waals surface area contributed by atoms with Gasteiger partial charge in [0.25, 0.3) is 0 Å². The van der Waals surface area contributed by atoms with Gasteiger partial charge in [0.15, 0.2) is 0 Å². The van der Waals surface area contributed by atoms with Gasteiger partial charge in [-0.25, -0.2) is 0 Å². The fourth-order valence-corrected chi connectivity index (χ4v) is 16.8. The molecule has 0 radical (unpaired) electrons. The van der Waals surface area contributed by atoms with Gasteiger partial charge in [-0.3, -0.25) is 0 Å². The molecule has 87 heavy (non-hydrogen) atoms. The van der Waals surface area contributed by atoms with Crippen molar-refractivity contribution in [2.75, 3.05) is 4.90 Å². The van der Waals surface area contributed by atoms with E-state index in [1.54, 1.807) is 0 Å². The van der Waals surface area contributed by atoms with E-state index in [0.29, 0.717) is 0 Å². The number of nitrogens with zero attached hydrogens (tertiary/aromatic N) is 1. The van der Waals surface area contributed by atoms with Crippen LogP contribution in [0, 0.1) is 0 Å². The number of anilines is 3. The monoisotopic (exact) mass is 1110 g/mol. The smallest absolute Gasteiger partial charge is 0.0742 e. The Balaban J connectivity index is 1.08. The maximum absolute atomic E-state index is 2.71. The standard InChI is InChI=1S/C86H63N/c1-82(2,3)66-56-77-81-78(57-66)84(60-34-14-6-15-35-60,61-36-16-7-17-37-61)76-55-65(86(63-40-20-9-21-41-63)73-48-28-24-44-69(73)70-45-25-29-49-74(70)86)51-53-80(76)87(81)79-52-50-64(54-75(79)83(77,58-30-10-4-11-31-58)59-32-12-5-13-33-59)85(62-38-18-8-19-39-62)71-46-26-22-42-67(71)68-43-23-27-47-72(68)85/h4-57H,1-3H3. The van der Waals surface area contributed by atoms with E-state index >= 15 is 0 Å². The minimum absolute atomic E-state index is 0.276. The first kappa shape index (κ1) is 51.1. The number of fused-ring (bicyclic) bond motifs is 10. The highest BCUT2D eigenvalue weighted by Gasteiger charge is 2.57. The van der Waals surface area contributed by atoms with Gasteiger partial charge in [-0.05, 0) is 134 Å². The summed E-state index contributed by atoms with van der Waals surface area (Å²) in [7, 11) is 0. The predicted molar refractivity (Wildman–Crippen MR) is 358 cm³/mol. The summed E-state index contributed by atoms with van der Waals surface area (Å²) in [5.74, 6) is 0. The third kappa shape index (κ3) is 6.80. The number of benzene rings is 13. The molecule has 0 fully saturated rings. The van der Waals surface area contributed by atoms with Crippen LogP contribution in [0.4, 0.5) is 17.1 Å². The topological polar surface area (TPSA) is 3.24 Å². The van der Waals surface area contributed by atoms with Gasteiger partial charge in [0.1, 0.15) is 0 Å². The van der Waals surface area contributed by atoms with Crippen molar-refractivity contribution in [3.8, 4) is 22.3 Å². The maximum Gasteiger partial charge on any atom is 0.0742 e. The van der Waals surface area contributed by atoms with Crippen molar-refractivity contribution in [3.05, 3.63) is 422 Å². The summed E-state index contributed by atoms with van der Waals surface area (Å²) in [4.78, 5) is 2.71. The molecule has 1 nitrogen and oxygen atoms in total. The molecule has 0 saturated carbocycles. The molecule has 0 N–H and O–H groups in total. The lowest BCUT2D eigenvalue weighted by Gasteiger charge is -2.54. The molecule has 17 rings (SSSR count). The second-order valence-corrected chi connectivity index (χ2v) is 25.3. The third-order valence-electron chi connectivity index (χ3n) is 20.3. The summed E-state index contributed by atoms with van der Waals surface area (Å²) in [6, 6.07) is 126. The lowest BCUT2D eigenvalue weighted by molar-refractivity contribution is 0.581. The Morgan fingerprint density at radius 3 is 0.724 bits per heavy atom. The minimum Gasteiger partial charge on any atom is -0.309 e. The van der Waals surface area contributed by atoms with Crippen molar-refractivity contribution in [3.63, 3.8) is 0 Å². The molecule has 0 atom stereocenters. The predicted octanol–water partition coefficient (Wildman–Crippen LogP) is 20.6. The third-order valence-corrected chi connectivity index (χ3v) is 20.3. The van der Waals surface area contributed by atoms with Crippen LogP contribution in [0.15, 0.2) is 328 Å². The summed E-state index contributed by atoms with van der Waals surface area (Å²) < 4.78 is 0. The highest BCUT2D eigenvalue weighted by Crippen LogP contribution is 2.68. The van der Waals surface area contributed by atoms with Crippen molar-refractivity contribution in [2.24, 2.45) is 0 Å². The average molecular weight is 1110 g/mol. The summed E-state index contributed by atoms with van der Waals surface area (Å²) in [5, 5.41) is 0. The van der Waals surface area contributed by atoms with E-state index in [1.165, 1.54) is 123 Å². The van der Waals surface area contributed by atoms with E-state index in [4.69, 9.17) is 0 Å². The van der Waals surface area contributed by atoms with Crippen molar-refractivity contribution in [1.82, 2.24) is 0 Å². The van der Waals surface area contributed by atoms with Crippen LogP contribution in [0.25, 0.3) is 22.3 Å². The van der Waals surface area contributed by atoms with Gasteiger partial charge >= 0.3 is 0 Å².